The zero-order valence-corrected chi connectivity index (χ0v) is 17.3. The number of nitrogens with one attached hydrogen (secondary N) is 2. The van der Waals surface area contributed by atoms with Crippen LogP contribution in [0.3, 0.4) is 0 Å². The van der Waals surface area contributed by atoms with E-state index >= 15 is 0 Å². The van der Waals surface area contributed by atoms with Crippen molar-refractivity contribution in [3.8, 4) is 0 Å². The number of benzene rings is 2. The summed E-state index contributed by atoms with van der Waals surface area (Å²) in [6, 6.07) is 13.6. The lowest BCUT2D eigenvalue weighted by Gasteiger charge is -2.20. The Balaban J connectivity index is 1.61. The summed E-state index contributed by atoms with van der Waals surface area (Å²) in [7, 11) is 0. The van der Waals surface area contributed by atoms with E-state index in [2.05, 4.69) is 31.7 Å². The first-order chi connectivity index (χ1) is 13.8. The maximum absolute atomic E-state index is 12.4. The Kier molecular flexibility index (Phi) is 6.28. The van der Waals surface area contributed by atoms with Gasteiger partial charge < -0.3 is 16.4 Å². The van der Waals surface area contributed by atoms with E-state index in [0.29, 0.717) is 11.4 Å². The van der Waals surface area contributed by atoms with Crippen LogP contribution >= 0.6 is 15.9 Å². The van der Waals surface area contributed by atoms with Gasteiger partial charge in [0.25, 0.3) is 5.91 Å². The van der Waals surface area contributed by atoms with E-state index in [1.54, 1.807) is 30.3 Å². The lowest BCUT2D eigenvalue weighted by atomic mass is 10.1. The number of hydrogen-bond acceptors (Lipinski definition) is 5. The highest BCUT2D eigenvalue weighted by molar-refractivity contribution is 9.10. The van der Waals surface area contributed by atoms with Crippen molar-refractivity contribution >= 4 is 50.7 Å². The molecular weight excluding hydrogens is 438 g/mol. The maximum atomic E-state index is 12.4. The van der Waals surface area contributed by atoms with Gasteiger partial charge in [-0.25, -0.2) is 0 Å². The van der Waals surface area contributed by atoms with Gasteiger partial charge in [0, 0.05) is 16.6 Å². The highest BCUT2D eigenvalue weighted by atomic mass is 79.9. The fourth-order valence-electron chi connectivity index (χ4n) is 2.88. The highest BCUT2D eigenvalue weighted by Crippen LogP contribution is 2.24. The van der Waals surface area contributed by atoms with Crippen molar-refractivity contribution in [1.82, 2.24) is 5.32 Å². The molecule has 3 amide bonds. The van der Waals surface area contributed by atoms with Gasteiger partial charge in [0.1, 0.15) is 11.8 Å². The van der Waals surface area contributed by atoms with Gasteiger partial charge in [0.15, 0.2) is 0 Å². The van der Waals surface area contributed by atoms with Gasteiger partial charge in [-0.1, -0.05) is 34.1 Å². The summed E-state index contributed by atoms with van der Waals surface area (Å²) in [6.45, 7) is 1.69. The molecule has 0 saturated heterocycles. The minimum Gasteiger partial charge on any atom is -0.368 e. The smallest absolute Gasteiger partial charge is 0.268 e. The Morgan fingerprint density at radius 1 is 1.21 bits per heavy atom. The van der Waals surface area contributed by atoms with Crippen LogP contribution in [0, 0.1) is 6.92 Å². The number of halogens is 1. The summed E-state index contributed by atoms with van der Waals surface area (Å²) in [5.74, 6) is -1.47. The molecule has 0 aromatic heterocycles. The van der Waals surface area contributed by atoms with Crippen molar-refractivity contribution in [3.05, 3.63) is 58.6 Å². The van der Waals surface area contributed by atoms with Crippen LogP contribution in [-0.2, 0) is 14.4 Å². The molecule has 1 heterocycles. The second-order valence-electron chi connectivity index (χ2n) is 6.54. The van der Waals surface area contributed by atoms with E-state index in [1.807, 2.05) is 25.1 Å². The van der Waals surface area contributed by atoms with Crippen LogP contribution in [0.1, 0.15) is 12.0 Å². The van der Waals surface area contributed by atoms with Crippen LogP contribution in [0.15, 0.2) is 58.1 Å². The third-order valence-electron chi connectivity index (χ3n) is 4.37. The number of hydrazone groups is 1. The molecule has 29 heavy (non-hydrogen) atoms. The van der Waals surface area contributed by atoms with Gasteiger partial charge in [0.2, 0.25) is 11.8 Å². The number of amides is 3. The molecular formula is C20H20BrN5O3. The first-order valence-corrected chi connectivity index (χ1v) is 9.69. The van der Waals surface area contributed by atoms with Gasteiger partial charge >= 0.3 is 0 Å². The van der Waals surface area contributed by atoms with Crippen molar-refractivity contribution in [3.63, 3.8) is 0 Å². The van der Waals surface area contributed by atoms with Crippen LogP contribution in [-0.4, -0.2) is 36.0 Å². The minimum absolute atomic E-state index is 0.0730. The van der Waals surface area contributed by atoms with E-state index in [0.717, 1.165) is 10.0 Å². The van der Waals surface area contributed by atoms with Crippen molar-refractivity contribution in [2.24, 2.45) is 10.8 Å². The number of carbonyl (C=O) groups excluding carboxylic acids is 3. The van der Waals surface area contributed by atoms with E-state index in [-0.39, 0.29) is 24.6 Å². The zero-order chi connectivity index (χ0) is 21.0. The molecule has 9 heteroatoms. The second kappa shape index (κ2) is 8.87. The van der Waals surface area contributed by atoms with Gasteiger partial charge in [-0.15, -0.1) is 0 Å². The number of nitrogens with two attached hydrogens (primary N) is 1. The van der Waals surface area contributed by atoms with Gasteiger partial charge in [-0.2, -0.15) is 5.10 Å². The molecule has 2 aromatic carbocycles. The summed E-state index contributed by atoms with van der Waals surface area (Å²) in [5.41, 5.74) is 7.87. The average molecular weight is 458 g/mol. The van der Waals surface area contributed by atoms with Crippen molar-refractivity contribution < 1.29 is 14.4 Å². The standard InChI is InChI=1S/C20H20BrN5O3/c1-12-9-13(7-8-15(12)21)24-18(27)11-23-20(29)16-10-17(19(22)28)26(25-16)14-5-3-2-4-6-14/h2-9,17H,10-11H2,1H3,(H2,22,28)(H,23,29)(H,24,27). The Bertz CT molecular complexity index is 977. The van der Waals surface area contributed by atoms with Gasteiger partial charge in [-0.05, 0) is 42.8 Å². The zero-order valence-electron chi connectivity index (χ0n) is 15.7. The number of primary amides is 1. The summed E-state index contributed by atoms with van der Waals surface area (Å²) < 4.78 is 0.940. The van der Waals surface area contributed by atoms with E-state index < -0.39 is 17.9 Å². The number of nitrogens with zero attached hydrogens (tertiary/aromatic N) is 2. The lowest BCUT2D eigenvalue weighted by molar-refractivity contribution is -0.120. The number of rotatable bonds is 6. The summed E-state index contributed by atoms with van der Waals surface area (Å²) in [6.07, 6.45) is 0.0730. The van der Waals surface area contributed by atoms with Crippen LogP contribution < -0.4 is 21.4 Å². The SMILES string of the molecule is Cc1cc(NC(=O)CNC(=O)C2=NN(c3ccccc3)C(C(N)=O)C2)ccc1Br. The molecule has 2 aromatic rings. The van der Waals surface area contributed by atoms with Crippen molar-refractivity contribution in [2.75, 3.05) is 16.9 Å². The van der Waals surface area contributed by atoms with Gasteiger partial charge in [-0.3, -0.25) is 19.4 Å². The fraction of sp³-hybridized carbons (Fsp3) is 0.200. The third kappa shape index (κ3) is 5.00. The van der Waals surface area contributed by atoms with Crippen LogP contribution in [0.25, 0.3) is 0 Å². The number of para-hydroxylation sites is 1. The molecule has 0 fully saturated rings. The molecule has 0 aliphatic carbocycles. The summed E-state index contributed by atoms with van der Waals surface area (Å²) in [4.78, 5) is 36.3. The Morgan fingerprint density at radius 3 is 2.59 bits per heavy atom. The second-order valence-corrected chi connectivity index (χ2v) is 7.40. The molecule has 1 unspecified atom stereocenters. The molecule has 150 valence electrons. The first kappa shape index (κ1) is 20.5. The van der Waals surface area contributed by atoms with E-state index in [1.165, 1.54) is 5.01 Å². The molecule has 0 saturated carbocycles. The predicted molar refractivity (Wildman–Crippen MR) is 114 cm³/mol. The molecule has 0 bridgehead atoms. The highest BCUT2D eigenvalue weighted by Gasteiger charge is 2.34. The quantitative estimate of drug-likeness (QED) is 0.613. The van der Waals surface area contributed by atoms with Crippen LogP contribution in [0.2, 0.25) is 0 Å². The fourth-order valence-corrected chi connectivity index (χ4v) is 3.12. The Labute approximate surface area is 176 Å². The van der Waals surface area contributed by atoms with E-state index in [9.17, 15) is 14.4 Å². The molecule has 1 aliphatic rings. The van der Waals surface area contributed by atoms with Crippen LogP contribution in [0.4, 0.5) is 11.4 Å². The summed E-state index contributed by atoms with van der Waals surface area (Å²) in [5, 5.41) is 10.9. The Morgan fingerprint density at radius 2 is 1.93 bits per heavy atom. The van der Waals surface area contributed by atoms with Gasteiger partial charge in [0.05, 0.1) is 12.2 Å². The number of aryl methyl sites for hydroxylation is 1. The normalized spacial score (nSPS) is 15.6. The largest absolute Gasteiger partial charge is 0.368 e. The number of carbonyl (C=O) groups is 3. The number of hydrogen-bond donors (Lipinski definition) is 3. The molecule has 1 atom stereocenters. The molecule has 8 nitrogen and oxygen atoms in total. The van der Waals surface area contributed by atoms with Crippen molar-refractivity contribution in [1.29, 1.82) is 0 Å². The monoisotopic (exact) mass is 457 g/mol. The first-order valence-electron chi connectivity index (χ1n) is 8.90. The van der Waals surface area contributed by atoms with Crippen molar-refractivity contribution in [2.45, 2.75) is 19.4 Å². The molecule has 4 N–H and O–H groups in total. The van der Waals surface area contributed by atoms with Crippen LogP contribution in [0.5, 0.6) is 0 Å². The minimum atomic E-state index is -0.752. The summed E-state index contributed by atoms with van der Waals surface area (Å²) >= 11 is 3.40. The molecule has 0 radical (unpaired) electrons. The maximum Gasteiger partial charge on any atom is 0.268 e. The molecule has 1 aliphatic heterocycles. The third-order valence-corrected chi connectivity index (χ3v) is 5.26. The predicted octanol–water partition coefficient (Wildman–Crippen LogP) is 1.93. The Hall–Kier alpha value is -3.20. The van der Waals surface area contributed by atoms with E-state index in [4.69, 9.17) is 5.73 Å². The topological polar surface area (TPSA) is 117 Å². The lowest BCUT2D eigenvalue weighted by Crippen LogP contribution is -2.40. The molecule has 0 spiro atoms. The molecule has 3 rings (SSSR count). The average Bonchev–Trinajstić information content (AvgIpc) is 3.16. The number of anilines is 2.